The Labute approximate surface area is 82.4 Å². The molecule has 0 aliphatic rings. The van der Waals surface area contributed by atoms with Gasteiger partial charge >= 0.3 is 0 Å². The Morgan fingerprint density at radius 3 is 2.93 bits per heavy atom. The number of hydrogen-bond donors (Lipinski definition) is 1. The molecule has 0 radical (unpaired) electrons. The van der Waals surface area contributed by atoms with Gasteiger partial charge in [-0.15, -0.1) is 0 Å². The van der Waals surface area contributed by atoms with Gasteiger partial charge in [0.2, 0.25) is 11.8 Å². The molecule has 1 aromatic rings. The van der Waals surface area contributed by atoms with Gasteiger partial charge in [0.05, 0.1) is 6.61 Å². The Morgan fingerprint density at radius 2 is 2.43 bits per heavy atom. The Bertz CT molecular complexity index is 330. The lowest BCUT2D eigenvalue weighted by molar-refractivity contribution is -0.113. The van der Waals surface area contributed by atoms with Gasteiger partial charge in [0.15, 0.2) is 0 Å². The van der Waals surface area contributed by atoms with Crippen molar-refractivity contribution in [2.45, 2.75) is 6.92 Å². The zero-order valence-electron chi connectivity index (χ0n) is 7.93. The molecule has 74 valence electrons. The first-order chi connectivity index (χ1) is 6.72. The number of carbonyl (C=O) groups is 1. The minimum atomic E-state index is -0.473. The van der Waals surface area contributed by atoms with Gasteiger partial charge in [0, 0.05) is 18.3 Å². The van der Waals surface area contributed by atoms with E-state index in [-0.39, 0.29) is 0 Å². The van der Waals surface area contributed by atoms with E-state index in [4.69, 9.17) is 10.5 Å². The molecule has 1 aromatic heterocycles. The normalized spacial score (nSPS) is 10.4. The SMILES string of the molecule is CCOc1ccc(C=CC(N)=O)cn1. The molecule has 1 heterocycles. The topological polar surface area (TPSA) is 65.2 Å². The van der Waals surface area contributed by atoms with Crippen molar-refractivity contribution in [2.24, 2.45) is 5.73 Å². The van der Waals surface area contributed by atoms with E-state index < -0.39 is 5.91 Å². The van der Waals surface area contributed by atoms with E-state index in [1.165, 1.54) is 6.08 Å². The zero-order valence-corrected chi connectivity index (χ0v) is 7.93. The number of rotatable bonds is 4. The fraction of sp³-hybridized carbons (Fsp3) is 0.200. The molecule has 0 aliphatic carbocycles. The predicted octanol–water partition coefficient (Wildman–Crippen LogP) is 0.979. The summed E-state index contributed by atoms with van der Waals surface area (Å²) in [6.45, 7) is 2.48. The van der Waals surface area contributed by atoms with Crippen LogP contribution in [0.2, 0.25) is 0 Å². The van der Waals surface area contributed by atoms with Gasteiger partial charge in [-0.25, -0.2) is 4.98 Å². The summed E-state index contributed by atoms with van der Waals surface area (Å²) in [5.41, 5.74) is 5.76. The maximum atomic E-state index is 10.4. The van der Waals surface area contributed by atoms with Gasteiger partial charge in [-0.3, -0.25) is 4.79 Å². The fourth-order valence-electron chi connectivity index (χ4n) is 0.902. The molecule has 0 atom stereocenters. The largest absolute Gasteiger partial charge is 0.478 e. The van der Waals surface area contributed by atoms with Crippen LogP contribution in [0.1, 0.15) is 12.5 Å². The summed E-state index contributed by atoms with van der Waals surface area (Å²) in [6, 6.07) is 3.54. The van der Waals surface area contributed by atoms with Crippen molar-refractivity contribution in [3.05, 3.63) is 30.0 Å². The number of nitrogens with two attached hydrogens (primary N) is 1. The first-order valence-corrected chi connectivity index (χ1v) is 4.28. The van der Waals surface area contributed by atoms with Crippen LogP contribution in [0.3, 0.4) is 0 Å². The van der Waals surface area contributed by atoms with Gasteiger partial charge in [-0.05, 0) is 24.6 Å². The molecule has 2 N–H and O–H groups in total. The number of pyridine rings is 1. The monoisotopic (exact) mass is 192 g/mol. The molecule has 0 saturated heterocycles. The number of aromatic nitrogens is 1. The van der Waals surface area contributed by atoms with Crippen LogP contribution in [0.5, 0.6) is 5.88 Å². The molecular formula is C10H12N2O2. The van der Waals surface area contributed by atoms with Crippen LogP contribution in [-0.4, -0.2) is 17.5 Å². The highest BCUT2D eigenvalue weighted by Gasteiger charge is 1.93. The highest BCUT2D eigenvalue weighted by Crippen LogP contribution is 2.08. The smallest absolute Gasteiger partial charge is 0.241 e. The second-order valence-corrected chi connectivity index (χ2v) is 2.60. The van der Waals surface area contributed by atoms with Gasteiger partial charge in [-0.1, -0.05) is 0 Å². The highest BCUT2D eigenvalue weighted by atomic mass is 16.5. The van der Waals surface area contributed by atoms with E-state index in [1.807, 2.05) is 6.92 Å². The van der Waals surface area contributed by atoms with Crippen LogP contribution in [0.15, 0.2) is 24.4 Å². The highest BCUT2D eigenvalue weighted by molar-refractivity contribution is 5.90. The first-order valence-electron chi connectivity index (χ1n) is 4.28. The van der Waals surface area contributed by atoms with Crippen LogP contribution in [0.4, 0.5) is 0 Å². The van der Waals surface area contributed by atoms with Crippen LogP contribution in [-0.2, 0) is 4.79 Å². The van der Waals surface area contributed by atoms with E-state index in [1.54, 1.807) is 24.4 Å². The van der Waals surface area contributed by atoms with Crippen molar-refractivity contribution in [1.82, 2.24) is 4.98 Å². The van der Waals surface area contributed by atoms with Crippen LogP contribution >= 0.6 is 0 Å². The predicted molar refractivity (Wildman–Crippen MR) is 53.6 cm³/mol. The summed E-state index contributed by atoms with van der Waals surface area (Å²) in [6.07, 6.45) is 4.51. The lowest BCUT2D eigenvalue weighted by atomic mass is 10.2. The molecule has 4 heteroatoms. The Morgan fingerprint density at radius 1 is 1.64 bits per heavy atom. The van der Waals surface area contributed by atoms with Crippen molar-refractivity contribution < 1.29 is 9.53 Å². The number of primary amides is 1. The molecule has 0 fully saturated rings. The number of nitrogens with zero attached hydrogens (tertiary/aromatic N) is 1. The van der Waals surface area contributed by atoms with E-state index in [0.29, 0.717) is 12.5 Å². The molecule has 0 saturated carbocycles. The summed E-state index contributed by atoms with van der Waals surface area (Å²) >= 11 is 0. The van der Waals surface area contributed by atoms with Crippen molar-refractivity contribution in [1.29, 1.82) is 0 Å². The number of amides is 1. The third-order valence-corrected chi connectivity index (χ3v) is 1.49. The second-order valence-electron chi connectivity index (χ2n) is 2.60. The summed E-state index contributed by atoms with van der Waals surface area (Å²) < 4.78 is 5.16. The minimum absolute atomic E-state index is 0.473. The molecule has 1 rings (SSSR count). The van der Waals surface area contributed by atoms with Crippen LogP contribution < -0.4 is 10.5 Å². The number of hydrogen-bond acceptors (Lipinski definition) is 3. The maximum Gasteiger partial charge on any atom is 0.241 e. The standard InChI is InChI=1S/C10H12N2O2/c1-2-14-10-6-4-8(7-12-10)3-5-9(11)13/h3-7H,2H2,1H3,(H2,11,13). The molecule has 0 aliphatic heterocycles. The third kappa shape index (κ3) is 3.26. The van der Waals surface area contributed by atoms with Crippen molar-refractivity contribution in [2.75, 3.05) is 6.61 Å². The summed E-state index contributed by atoms with van der Waals surface area (Å²) in [7, 11) is 0. The lowest BCUT2D eigenvalue weighted by Gasteiger charge is -2.00. The average Bonchev–Trinajstić information content (AvgIpc) is 2.17. The molecule has 1 amide bonds. The Balaban J connectivity index is 2.68. The molecular weight excluding hydrogens is 180 g/mol. The maximum absolute atomic E-state index is 10.4. The van der Waals surface area contributed by atoms with Crippen molar-refractivity contribution >= 4 is 12.0 Å². The number of ether oxygens (including phenoxy) is 1. The lowest BCUT2D eigenvalue weighted by Crippen LogP contribution is -2.05. The molecule has 14 heavy (non-hydrogen) atoms. The summed E-state index contributed by atoms with van der Waals surface area (Å²) in [5.74, 6) is 0.0996. The molecule has 0 unspecified atom stereocenters. The molecule has 0 spiro atoms. The molecule has 4 nitrogen and oxygen atoms in total. The molecule has 0 aromatic carbocycles. The van der Waals surface area contributed by atoms with E-state index >= 15 is 0 Å². The van der Waals surface area contributed by atoms with Gasteiger partial charge in [0.1, 0.15) is 0 Å². The summed E-state index contributed by atoms with van der Waals surface area (Å²) in [4.78, 5) is 14.5. The fourth-order valence-corrected chi connectivity index (χ4v) is 0.902. The number of carbonyl (C=O) groups excluding carboxylic acids is 1. The van der Waals surface area contributed by atoms with Crippen LogP contribution in [0.25, 0.3) is 6.08 Å². The Hall–Kier alpha value is -1.84. The van der Waals surface area contributed by atoms with Gasteiger partial charge in [-0.2, -0.15) is 0 Å². The van der Waals surface area contributed by atoms with Gasteiger partial charge in [0.25, 0.3) is 0 Å². The van der Waals surface area contributed by atoms with Crippen LogP contribution in [0, 0.1) is 0 Å². The van der Waals surface area contributed by atoms with E-state index in [2.05, 4.69) is 4.98 Å². The third-order valence-electron chi connectivity index (χ3n) is 1.49. The quantitative estimate of drug-likeness (QED) is 0.723. The average molecular weight is 192 g/mol. The van der Waals surface area contributed by atoms with E-state index in [9.17, 15) is 4.79 Å². The molecule has 0 bridgehead atoms. The zero-order chi connectivity index (χ0) is 10.4. The summed E-state index contributed by atoms with van der Waals surface area (Å²) in [5, 5.41) is 0. The van der Waals surface area contributed by atoms with E-state index in [0.717, 1.165) is 5.56 Å². The first kappa shape index (κ1) is 10.2. The minimum Gasteiger partial charge on any atom is -0.478 e. The van der Waals surface area contributed by atoms with Crippen molar-refractivity contribution in [3.8, 4) is 5.88 Å². The van der Waals surface area contributed by atoms with Crippen molar-refractivity contribution in [3.63, 3.8) is 0 Å². The Kier molecular flexibility index (Phi) is 3.67. The second kappa shape index (κ2) is 5.01. The van der Waals surface area contributed by atoms with Gasteiger partial charge < -0.3 is 10.5 Å².